The van der Waals surface area contributed by atoms with Crippen molar-refractivity contribution in [2.75, 3.05) is 19.5 Å². The number of hydrogen-bond donors (Lipinski definition) is 3. The van der Waals surface area contributed by atoms with Crippen molar-refractivity contribution in [2.24, 2.45) is 5.84 Å². The molecule has 1 rings (SSSR count). The minimum Gasteiger partial charge on any atom is -0.497 e. The van der Waals surface area contributed by atoms with Gasteiger partial charge in [0, 0.05) is 6.07 Å². The molecule has 0 aliphatic heterocycles. The SMILES string of the molecule is COc1ccc(OC)c(NC(=O)NN)c1. The van der Waals surface area contributed by atoms with E-state index in [1.807, 2.05) is 5.43 Å². The van der Waals surface area contributed by atoms with Crippen molar-refractivity contribution in [1.29, 1.82) is 0 Å². The smallest absolute Gasteiger partial charge is 0.333 e. The molecule has 0 unspecified atom stereocenters. The average Bonchev–Trinajstić information content (AvgIpc) is 2.28. The molecular formula is C9H13N3O3. The molecule has 0 aliphatic rings. The third-order valence-corrected chi connectivity index (χ3v) is 1.79. The van der Waals surface area contributed by atoms with Crippen LogP contribution >= 0.6 is 0 Å². The van der Waals surface area contributed by atoms with Crippen LogP contribution in [0.15, 0.2) is 18.2 Å². The molecule has 6 nitrogen and oxygen atoms in total. The van der Waals surface area contributed by atoms with E-state index >= 15 is 0 Å². The molecule has 0 radical (unpaired) electrons. The zero-order valence-electron chi connectivity index (χ0n) is 8.53. The Morgan fingerprint density at radius 1 is 1.33 bits per heavy atom. The van der Waals surface area contributed by atoms with E-state index in [4.69, 9.17) is 15.3 Å². The van der Waals surface area contributed by atoms with Crippen LogP contribution in [0.1, 0.15) is 0 Å². The van der Waals surface area contributed by atoms with Gasteiger partial charge in [0.05, 0.1) is 19.9 Å². The van der Waals surface area contributed by atoms with E-state index in [0.29, 0.717) is 17.2 Å². The first-order chi connectivity index (χ1) is 7.21. The van der Waals surface area contributed by atoms with Crippen molar-refractivity contribution >= 4 is 11.7 Å². The van der Waals surface area contributed by atoms with Gasteiger partial charge in [0.2, 0.25) is 0 Å². The van der Waals surface area contributed by atoms with Crippen LogP contribution in [0, 0.1) is 0 Å². The summed E-state index contributed by atoms with van der Waals surface area (Å²) < 4.78 is 10.1. The predicted molar refractivity (Wildman–Crippen MR) is 55.9 cm³/mol. The summed E-state index contributed by atoms with van der Waals surface area (Å²) >= 11 is 0. The average molecular weight is 211 g/mol. The zero-order chi connectivity index (χ0) is 11.3. The summed E-state index contributed by atoms with van der Waals surface area (Å²) in [6.07, 6.45) is 0. The van der Waals surface area contributed by atoms with Crippen LogP contribution in [0.5, 0.6) is 11.5 Å². The number of anilines is 1. The molecule has 0 spiro atoms. The van der Waals surface area contributed by atoms with Crippen LogP contribution in [0.4, 0.5) is 10.5 Å². The lowest BCUT2D eigenvalue weighted by Crippen LogP contribution is -2.34. The number of hydrazine groups is 1. The summed E-state index contributed by atoms with van der Waals surface area (Å²) in [5, 5.41) is 2.51. The number of methoxy groups -OCH3 is 2. The Kier molecular flexibility index (Phi) is 3.75. The number of hydrogen-bond acceptors (Lipinski definition) is 4. The third kappa shape index (κ3) is 2.75. The Hall–Kier alpha value is -1.95. The molecule has 82 valence electrons. The van der Waals surface area contributed by atoms with Crippen molar-refractivity contribution in [3.8, 4) is 11.5 Å². The highest BCUT2D eigenvalue weighted by Crippen LogP contribution is 2.28. The maximum Gasteiger partial charge on any atom is 0.333 e. The topological polar surface area (TPSA) is 85.6 Å². The molecule has 0 saturated carbocycles. The summed E-state index contributed by atoms with van der Waals surface area (Å²) in [7, 11) is 3.04. The second-order valence-electron chi connectivity index (χ2n) is 2.66. The molecule has 0 aliphatic carbocycles. The maximum absolute atomic E-state index is 11.0. The molecule has 2 amide bonds. The lowest BCUT2D eigenvalue weighted by Gasteiger charge is -2.10. The van der Waals surface area contributed by atoms with Crippen molar-refractivity contribution in [3.63, 3.8) is 0 Å². The van der Waals surface area contributed by atoms with Crippen molar-refractivity contribution in [1.82, 2.24) is 5.43 Å². The highest BCUT2D eigenvalue weighted by Gasteiger charge is 2.07. The van der Waals surface area contributed by atoms with Crippen LogP contribution in [0.3, 0.4) is 0 Å². The molecule has 0 bridgehead atoms. The van der Waals surface area contributed by atoms with Crippen LogP contribution < -0.4 is 26.1 Å². The van der Waals surface area contributed by atoms with Crippen molar-refractivity contribution in [3.05, 3.63) is 18.2 Å². The van der Waals surface area contributed by atoms with Gasteiger partial charge < -0.3 is 14.8 Å². The predicted octanol–water partition coefficient (Wildman–Crippen LogP) is 0.699. The van der Waals surface area contributed by atoms with Crippen LogP contribution in [0.2, 0.25) is 0 Å². The Bertz CT molecular complexity index is 354. The van der Waals surface area contributed by atoms with E-state index in [2.05, 4.69) is 5.32 Å². The van der Waals surface area contributed by atoms with Gasteiger partial charge in [0.15, 0.2) is 0 Å². The Morgan fingerprint density at radius 2 is 2.07 bits per heavy atom. The monoisotopic (exact) mass is 211 g/mol. The van der Waals surface area contributed by atoms with E-state index < -0.39 is 6.03 Å². The van der Waals surface area contributed by atoms with E-state index in [-0.39, 0.29) is 0 Å². The fraction of sp³-hybridized carbons (Fsp3) is 0.222. The van der Waals surface area contributed by atoms with Gasteiger partial charge in [-0.3, -0.25) is 5.43 Å². The fourth-order valence-corrected chi connectivity index (χ4v) is 1.07. The zero-order valence-corrected chi connectivity index (χ0v) is 8.53. The minimum atomic E-state index is -0.526. The minimum absolute atomic E-state index is 0.486. The van der Waals surface area contributed by atoms with Gasteiger partial charge in [0.1, 0.15) is 11.5 Å². The lowest BCUT2D eigenvalue weighted by molar-refractivity contribution is 0.252. The fourth-order valence-electron chi connectivity index (χ4n) is 1.07. The van der Waals surface area contributed by atoms with Gasteiger partial charge in [-0.25, -0.2) is 10.6 Å². The highest BCUT2D eigenvalue weighted by atomic mass is 16.5. The van der Waals surface area contributed by atoms with Crippen LogP contribution in [-0.2, 0) is 0 Å². The van der Waals surface area contributed by atoms with E-state index in [9.17, 15) is 4.79 Å². The number of nitrogens with two attached hydrogens (primary N) is 1. The Balaban J connectivity index is 2.95. The van der Waals surface area contributed by atoms with E-state index in [1.165, 1.54) is 14.2 Å². The molecule has 0 saturated heterocycles. The molecule has 0 aromatic heterocycles. The molecule has 0 heterocycles. The van der Waals surface area contributed by atoms with Crippen LogP contribution in [-0.4, -0.2) is 20.3 Å². The standard InChI is InChI=1S/C9H13N3O3/c1-14-6-3-4-8(15-2)7(5-6)11-9(13)12-10/h3-5H,10H2,1-2H3,(H2,11,12,13). The normalized spacial score (nSPS) is 9.27. The first kappa shape index (κ1) is 11.1. The molecule has 6 heteroatoms. The second kappa shape index (κ2) is 5.06. The van der Waals surface area contributed by atoms with E-state index in [0.717, 1.165) is 0 Å². The van der Waals surface area contributed by atoms with Gasteiger partial charge in [-0.05, 0) is 12.1 Å². The quantitative estimate of drug-likeness (QED) is 0.390. The largest absolute Gasteiger partial charge is 0.497 e. The maximum atomic E-state index is 11.0. The third-order valence-electron chi connectivity index (χ3n) is 1.79. The molecule has 0 atom stereocenters. The summed E-state index contributed by atoms with van der Waals surface area (Å²) in [6, 6.07) is 4.52. The Morgan fingerprint density at radius 3 is 2.60 bits per heavy atom. The summed E-state index contributed by atoms with van der Waals surface area (Å²) in [5.74, 6) is 6.09. The number of benzene rings is 1. The summed E-state index contributed by atoms with van der Waals surface area (Å²) in [6.45, 7) is 0. The van der Waals surface area contributed by atoms with Gasteiger partial charge >= 0.3 is 6.03 Å². The number of amides is 2. The Labute approximate surface area is 87.3 Å². The molecular weight excluding hydrogens is 198 g/mol. The lowest BCUT2D eigenvalue weighted by atomic mass is 10.2. The summed E-state index contributed by atoms with van der Waals surface area (Å²) in [5.41, 5.74) is 2.44. The number of carbonyl (C=O) groups is 1. The van der Waals surface area contributed by atoms with Gasteiger partial charge in [-0.15, -0.1) is 0 Å². The molecule has 15 heavy (non-hydrogen) atoms. The van der Waals surface area contributed by atoms with Crippen molar-refractivity contribution in [2.45, 2.75) is 0 Å². The summed E-state index contributed by atoms with van der Waals surface area (Å²) in [4.78, 5) is 11.0. The van der Waals surface area contributed by atoms with Crippen molar-refractivity contribution < 1.29 is 14.3 Å². The second-order valence-corrected chi connectivity index (χ2v) is 2.66. The van der Waals surface area contributed by atoms with Gasteiger partial charge in [-0.2, -0.15) is 0 Å². The number of urea groups is 1. The molecule has 0 fully saturated rings. The first-order valence-electron chi connectivity index (χ1n) is 4.21. The van der Waals surface area contributed by atoms with E-state index in [1.54, 1.807) is 18.2 Å². The number of ether oxygens (including phenoxy) is 2. The molecule has 1 aromatic rings. The number of carbonyl (C=O) groups excluding carboxylic acids is 1. The first-order valence-corrected chi connectivity index (χ1v) is 4.21. The molecule has 4 N–H and O–H groups in total. The number of rotatable bonds is 3. The highest BCUT2D eigenvalue weighted by molar-refractivity contribution is 5.90. The molecule has 1 aromatic carbocycles. The van der Waals surface area contributed by atoms with Gasteiger partial charge in [-0.1, -0.05) is 0 Å². The van der Waals surface area contributed by atoms with Gasteiger partial charge in [0.25, 0.3) is 0 Å². The van der Waals surface area contributed by atoms with Crippen LogP contribution in [0.25, 0.3) is 0 Å². The number of nitrogens with one attached hydrogen (secondary N) is 2.